The SMILES string of the molecule is COc1ccc(C2(N=C=O)CC2)cc1Br. The number of rotatable bonds is 3. The number of ether oxygens (including phenoxy) is 1. The van der Waals surface area contributed by atoms with Crippen molar-refractivity contribution in [2.24, 2.45) is 4.99 Å². The van der Waals surface area contributed by atoms with Crippen molar-refractivity contribution >= 4 is 22.0 Å². The molecule has 0 bridgehead atoms. The minimum Gasteiger partial charge on any atom is -0.496 e. The number of halogens is 1. The standard InChI is InChI=1S/C11H10BrNO2/c1-15-10-3-2-8(6-9(10)12)11(4-5-11)13-7-14/h2-3,6H,4-5H2,1H3. The highest BCUT2D eigenvalue weighted by Gasteiger charge is 2.44. The molecule has 4 heteroatoms. The number of benzene rings is 1. The molecule has 1 fully saturated rings. The first-order valence-electron chi connectivity index (χ1n) is 4.65. The van der Waals surface area contributed by atoms with E-state index >= 15 is 0 Å². The van der Waals surface area contributed by atoms with Crippen LogP contribution >= 0.6 is 15.9 Å². The lowest BCUT2D eigenvalue weighted by Crippen LogP contribution is -2.02. The van der Waals surface area contributed by atoms with E-state index in [1.54, 1.807) is 13.2 Å². The molecule has 1 aliphatic rings. The first-order chi connectivity index (χ1) is 7.22. The second-order valence-corrected chi connectivity index (χ2v) is 4.44. The summed E-state index contributed by atoms with van der Waals surface area (Å²) in [5, 5.41) is 0. The zero-order valence-electron chi connectivity index (χ0n) is 8.29. The van der Waals surface area contributed by atoms with Gasteiger partial charge in [0.25, 0.3) is 0 Å². The van der Waals surface area contributed by atoms with Crippen LogP contribution in [-0.4, -0.2) is 13.2 Å². The summed E-state index contributed by atoms with van der Waals surface area (Å²) in [6.45, 7) is 0. The highest BCUT2D eigenvalue weighted by Crippen LogP contribution is 2.50. The fraction of sp³-hybridized carbons (Fsp3) is 0.364. The largest absolute Gasteiger partial charge is 0.496 e. The number of aliphatic imine (C=N–C) groups is 1. The minimum atomic E-state index is -0.309. The van der Waals surface area contributed by atoms with Crippen molar-refractivity contribution in [1.29, 1.82) is 0 Å². The fourth-order valence-corrected chi connectivity index (χ4v) is 2.17. The third-order valence-electron chi connectivity index (χ3n) is 2.67. The normalized spacial score (nSPS) is 16.7. The van der Waals surface area contributed by atoms with Gasteiger partial charge >= 0.3 is 0 Å². The van der Waals surface area contributed by atoms with Gasteiger partial charge in [0.05, 0.1) is 17.1 Å². The first-order valence-corrected chi connectivity index (χ1v) is 5.44. The molecule has 1 saturated carbocycles. The van der Waals surface area contributed by atoms with Gasteiger partial charge in [0, 0.05) is 0 Å². The molecule has 0 radical (unpaired) electrons. The molecule has 0 atom stereocenters. The zero-order valence-corrected chi connectivity index (χ0v) is 9.87. The number of isocyanates is 1. The van der Waals surface area contributed by atoms with E-state index in [2.05, 4.69) is 20.9 Å². The average Bonchev–Trinajstić information content (AvgIpc) is 2.99. The summed E-state index contributed by atoms with van der Waals surface area (Å²) in [6, 6.07) is 5.77. The number of hydrogen-bond donors (Lipinski definition) is 0. The van der Waals surface area contributed by atoms with Gasteiger partial charge < -0.3 is 4.74 Å². The molecule has 0 aliphatic heterocycles. The van der Waals surface area contributed by atoms with Gasteiger partial charge in [-0.3, -0.25) is 0 Å². The van der Waals surface area contributed by atoms with E-state index in [0.717, 1.165) is 28.6 Å². The van der Waals surface area contributed by atoms with Crippen molar-refractivity contribution in [3.05, 3.63) is 28.2 Å². The number of nitrogens with zero attached hydrogens (tertiary/aromatic N) is 1. The third kappa shape index (κ3) is 1.83. The number of hydrogen-bond acceptors (Lipinski definition) is 3. The smallest absolute Gasteiger partial charge is 0.235 e. The van der Waals surface area contributed by atoms with Crippen molar-refractivity contribution in [2.75, 3.05) is 7.11 Å². The highest BCUT2D eigenvalue weighted by molar-refractivity contribution is 9.10. The zero-order chi connectivity index (χ0) is 10.9. The van der Waals surface area contributed by atoms with Crippen LogP contribution in [0.1, 0.15) is 18.4 Å². The van der Waals surface area contributed by atoms with Crippen LogP contribution < -0.4 is 4.74 Å². The van der Waals surface area contributed by atoms with Crippen LogP contribution in [0.25, 0.3) is 0 Å². The third-order valence-corrected chi connectivity index (χ3v) is 3.29. The summed E-state index contributed by atoms with van der Waals surface area (Å²) < 4.78 is 6.02. The van der Waals surface area contributed by atoms with E-state index < -0.39 is 0 Å². The van der Waals surface area contributed by atoms with Crippen LogP contribution in [0.4, 0.5) is 0 Å². The molecule has 3 nitrogen and oxygen atoms in total. The molecule has 0 N–H and O–H groups in total. The Labute approximate surface area is 96.3 Å². The molecule has 78 valence electrons. The number of carbonyl (C=O) groups excluding carboxylic acids is 1. The summed E-state index contributed by atoms with van der Waals surface area (Å²) in [6.07, 6.45) is 3.48. The van der Waals surface area contributed by atoms with E-state index in [1.807, 2.05) is 18.2 Å². The van der Waals surface area contributed by atoms with E-state index in [1.165, 1.54) is 0 Å². The Morgan fingerprint density at radius 2 is 2.27 bits per heavy atom. The van der Waals surface area contributed by atoms with Gasteiger partial charge in [-0.05, 0) is 46.5 Å². The van der Waals surface area contributed by atoms with Crippen molar-refractivity contribution in [1.82, 2.24) is 0 Å². The Morgan fingerprint density at radius 3 is 2.73 bits per heavy atom. The summed E-state index contributed by atoms with van der Waals surface area (Å²) in [4.78, 5) is 14.2. The molecule has 0 unspecified atom stereocenters. The van der Waals surface area contributed by atoms with Crippen molar-refractivity contribution < 1.29 is 9.53 Å². The number of methoxy groups -OCH3 is 1. The molecule has 1 aromatic rings. The average molecular weight is 268 g/mol. The quantitative estimate of drug-likeness (QED) is 0.624. The minimum absolute atomic E-state index is 0.309. The molecule has 0 heterocycles. The Kier molecular flexibility index (Phi) is 2.63. The lowest BCUT2D eigenvalue weighted by atomic mass is 10.1. The lowest BCUT2D eigenvalue weighted by molar-refractivity contribution is 0.412. The summed E-state index contributed by atoms with van der Waals surface area (Å²) >= 11 is 3.41. The molecular weight excluding hydrogens is 258 g/mol. The molecule has 0 amide bonds. The van der Waals surface area contributed by atoms with Crippen molar-refractivity contribution in [3.63, 3.8) is 0 Å². The van der Waals surface area contributed by atoms with Crippen LogP contribution in [0, 0.1) is 0 Å². The Balaban J connectivity index is 2.38. The molecule has 0 saturated heterocycles. The molecule has 2 rings (SSSR count). The van der Waals surface area contributed by atoms with E-state index in [-0.39, 0.29) is 5.54 Å². The van der Waals surface area contributed by atoms with Gasteiger partial charge in [0.15, 0.2) is 0 Å². The first kappa shape index (κ1) is 10.4. The molecular formula is C11H10BrNO2. The highest BCUT2D eigenvalue weighted by atomic mass is 79.9. The monoisotopic (exact) mass is 267 g/mol. The van der Waals surface area contributed by atoms with Crippen LogP contribution in [0.2, 0.25) is 0 Å². The van der Waals surface area contributed by atoms with Crippen LogP contribution in [0.3, 0.4) is 0 Å². The van der Waals surface area contributed by atoms with Gasteiger partial charge in [0.1, 0.15) is 5.75 Å². The predicted octanol–water partition coefficient (Wildman–Crippen LogP) is 2.78. The van der Waals surface area contributed by atoms with Crippen LogP contribution in [-0.2, 0) is 10.3 Å². The van der Waals surface area contributed by atoms with E-state index in [4.69, 9.17) is 4.74 Å². The van der Waals surface area contributed by atoms with Crippen LogP contribution in [0.15, 0.2) is 27.7 Å². The molecule has 15 heavy (non-hydrogen) atoms. The molecule has 1 aliphatic carbocycles. The van der Waals surface area contributed by atoms with Crippen LogP contribution in [0.5, 0.6) is 5.75 Å². The van der Waals surface area contributed by atoms with Crippen molar-refractivity contribution in [3.8, 4) is 5.75 Å². The predicted molar refractivity (Wildman–Crippen MR) is 59.7 cm³/mol. The maximum atomic E-state index is 10.3. The van der Waals surface area contributed by atoms with Gasteiger partial charge in [-0.25, -0.2) is 4.79 Å². The molecule has 0 aromatic heterocycles. The second-order valence-electron chi connectivity index (χ2n) is 3.58. The Morgan fingerprint density at radius 1 is 1.53 bits per heavy atom. The Bertz CT molecular complexity index is 434. The maximum absolute atomic E-state index is 10.3. The van der Waals surface area contributed by atoms with E-state index in [9.17, 15) is 4.79 Å². The Hall–Kier alpha value is -1.12. The van der Waals surface area contributed by atoms with Gasteiger partial charge in [-0.15, -0.1) is 0 Å². The molecule has 1 aromatic carbocycles. The fourth-order valence-electron chi connectivity index (χ4n) is 1.63. The summed E-state index contributed by atoms with van der Waals surface area (Å²) in [7, 11) is 1.62. The van der Waals surface area contributed by atoms with Gasteiger partial charge in [0.2, 0.25) is 6.08 Å². The topological polar surface area (TPSA) is 38.7 Å². The lowest BCUT2D eigenvalue weighted by Gasteiger charge is -2.10. The summed E-state index contributed by atoms with van der Waals surface area (Å²) in [5.74, 6) is 0.782. The molecule has 0 spiro atoms. The summed E-state index contributed by atoms with van der Waals surface area (Å²) in [5.41, 5.74) is 0.731. The maximum Gasteiger partial charge on any atom is 0.235 e. The van der Waals surface area contributed by atoms with Crippen molar-refractivity contribution in [2.45, 2.75) is 18.4 Å². The van der Waals surface area contributed by atoms with Gasteiger partial charge in [-0.2, -0.15) is 4.99 Å². The van der Waals surface area contributed by atoms with E-state index in [0.29, 0.717) is 0 Å². The second kappa shape index (κ2) is 3.80. The van der Waals surface area contributed by atoms with Gasteiger partial charge in [-0.1, -0.05) is 6.07 Å².